The van der Waals surface area contributed by atoms with Crippen molar-refractivity contribution in [2.45, 2.75) is 19.9 Å². The fraction of sp³-hybridized carbons (Fsp3) is 0.278. The average Bonchev–Trinajstić information content (AvgIpc) is 2.59. The third-order valence-corrected chi connectivity index (χ3v) is 4.83. The zero-order valence-corrected chi connectivity index (χ0v) is 17.7. The Labute approximate surface area is 171 Å². The highest BCUT2D eigenvalue weighted by atomic mass is 127. The van der Waals surface area contributed by atoms with E-state index < -0.39 is 0 Å². The Morgan fingerprint density at radius 3 is 2.60 bits per heavy atom. The maximum absolute atomic E-state index is 6.14. The minimum atomic E-state index is 0.445. The molecule has 0 amide bonds. The average molecular weight is 493 g/mol. The zero-order valence-electron chi connectivity index (χ0n) is 14.0. The molecule has 0 unspecified atom stereocenters. The summed E-state index contributed by atoms with van der Waals surface area (Å²) < 4.78 is 12.1. The van der Waals surface area contributed by atoms with Crippen LogP contribution in [0.1, 0.15) is 24.5 Å². The summed E-state index contributed by atoms with van der Waals surface area (Å²) in [5, 5.41) is 5.46. The highest BCUT2D eigenvalue weighted by molar-refractivity contribution is 14.1. The number of methoxy groups -OCH3 is 1. The van der Waals surface area contributed by atoms with Gasteiger partial charge in [-0.2, -0.15) is 5.10 Å². The number of ether oxygens (including phenoxy) is 2. The molecule has 0 saturated carbocycles. The van der Waals surface area contributed by atoms with Crippen molar-refractivity contribution >= 4 is 52.0 Å². The summed E-state index contributed by atoms with van der Waals surface area (Å²) in [4.78, 5) is 0. The van der Waals surface area contributed by atoms with Crippen molar-refractivity contribution in [3.05, 3.63) is 55.1 Å². The minimum Gasteiger partial charge on any atom is -0.493 e. The van der Waals surface area contributed by atoms with Gasteiger partial charge in [-0.1, -0.05) is 36.2 Å². The maximum Gasteiger partial charge on any atom is 0.174 e. The second-order valence-electron chi connectivity index (χ2n) is 5.18. The number of nitrogens with one attached hydrogen (secondary N) is 1. The first-order valence-electron chi connectivity index (χ1n) is 7.76. The lowest BCUT2D eigenvalue weighted by Crippen LogP contribution is -2.07. The highest BCUT2D eigenvalue weighted by Gasteiger charge is 2.11. The monoisotopic (exact) mass is 492 g/mol. The van der Waals surface area contributed by atoms with Crippen LogP contribution in [0, 0.1) is 3.57 Å². The molecule has 0 spiro atoms. The largest absolute Gasteiger partial charge is 0.493 e. The molecule has 0 aliphatic carbocycles. The Hall–Kier alpha value is -1.18. The third kappa shape index (κ3) is 5.66. The predicted octanol–water partition coefficient (Wildman–Crippen LogP) is 5.52. The van der Waals surface area contributed by atoms with E-state index in [2.05, 4.69) is 40.0 Å². The van der Waals surface area contributed by atoms with Crippen LogP contribution in [0.25, 0.3) is 0 Å². The van der Waals surface area contributed by atoms with Gasteiger partial charge in [0.25, 0.3) is 0 Å². The number of benzene rings is 2. The molecule has 0 aliphatic rings. The molecule has 0 saturated heterocycles. The molecule has 2 rings (SSSR count). The third-order valence-electron chi connectivity index (χ3n) is 3.32. The topological polar surface area (TPSA) is 42.8 Å². The van der Waals surface area contributed by atoms with Crippen LogP contribution < -0.4 is 14.9 Å². The normalized spacial score (nSPS) is 10.9. The van der Waals surface area contributed by atoms with Crippen LogP contribution in [-0.4, -0.2) is 19.9 Å². The van der Waals surface area contributed by atoms with Crippen LogP contribution in [0.15, 0.2) is 35.4 Å². The lowest BCUT2D eigenvalue weighted by molar-refractivity contribution is 0.292. The van der Waals surface area contributed by atoms with E-state index in [1.807, 2.05) is 18.2 Å². The Balaban J connectivity index is 2.07. The maximum atomic E-state index is 6.14. The molecule has 7 heteroatoms. The molecule has 0 aliphatic heterocycles. The fourth-order valence-electron chi connectivity index (χ4n) is 2.10. The Morgan fingerprint density at radius 1 is 1.24 bits per heavy atom. The van der Waals surface area contributed by atoms with E-state index >= 15 is 0 Å². The Morgan fingerprint density at radius 2 is 1.96 bits per heavy atom. The van der Waals surface area contributed by atoms with E-state index in [1.165, 1.54) is 0 Å². The number of nitrogens with zero attached hydrogens (tertiary/aromatic N) is 1. The summed E-state index contributed by atoms with van der Waals surface area (Å²) in [6.45, 7) is 3.16. The van der Waals surface area contributed by atoms with Crippen LogP contribution in [-0.2, 0) is 6.54 Å². The van der Waals surface area contributed by atoms with Gasteiger partial charge in [-0.05, 0) is 58.8 Å². The fourth-order valence-corrected chi connectivity index (χ4v) is 3.42. The van der Waals surface area contributed by atoms with Crippen molar-refractivity contribution in [1.82, 2.24) is 5.43 Å². The molecule has 0 radical (unpaired) electrons. The van der Waals surface area contributed by atoms with Crippen molar-refractivity contribution in [2.24, 2.45) is 5.10 Å². The lowest BCUT2D eigenvalue weighted by atomic mass is 10.2. The molecule has 0 aromatic heterocycles. The number of hydrogen-bond donors (Lipinski definition) is 1. The molecule has 25 heavy (non-hydrogen) atoms. The van der Waals surface area contributed by atoms with Gasteiger partial charge in [-0.15, -0.1) is 0 Å². The Bertz CT molecular complexity index is 734. The molecule has 1 N–H and O–H groups in total. The molecule has 0 bridgehead atoms. The molecule has 0 heterocycles. The van der Waals surface area contributed by atoms with E-state index in [1.54, 1.807) is 25.5 Å². The van der Waals surface area contributed by atoms with Crippen molar-refractivity contribution in [2.75, 3.05) is 13.7 Å². The molecule has 134 valence electrons. The Kier molecular flexibility index (Phi) is 8.12. The predicted molar refractivity (Wildman–Crippen MR) is 112 cm³/mol. The second kappa shape index (κ2) is 10.1. The molecule has 4 nitrogen and oxygen atoms in total. The van der Waals surface area contributed by atoms with Gasteiger partial charge in [-0.25, -0.2) is 0 Å². The van der Waals surface area contributed by atoms with Crippen LogP contribution in [0.4, 0.5) is 0 Å². The summed E-state index contributed by atoms with van der Waals surface area (Å²) in [6.07, 6.45) is 2.66. The summed E-state index contributed by atoms with van der Waals surface area (Å²) >= 11 is 14.5. The first kappa shape index (κ1) is 20.1. The minimum absolute atomic E-state index is 0.445. The van der Waals surface area contributed by atoms with Crippen LogP contribution >= 0.6 is 45.8 Å². The summed E-state index contributed by atoms with van der Waals surface area (Å²) in [5.74, 6) is 1.45. The summed E-state index contributed by atoms with van der Waals surface area (Å²) in [6, 6.07) is 9.29. The van der Waals surface area contributed by atoms with E-state index in [0.717, 1.165) is 26.9 Å². The molecular weight excluding hydrogens is 474 g/mol. The van der Waals surface area contributed by atoms with E-state index in [-0.39, 0.29) is 0 Å². The van der Waals surface area contributed by atoms with E-state index in [9.17, 15) is 0 Å². The first-order valence-corrected chi connectivity index (χ1v) is 9.59. The molecule has 2 aromatic carbocycles. The highest BCUT2D eigenvalue weighted by Crippen LogP contribution is 2.33. The van der Waals surface area contributed by atoms with Gasteiger partial charge in [0.15, 0.2) is 11.5 Å². The standard InChI is InChI=1S/C18H19Cl2IN2O2/c1-3-7-25-18-16(21)8-12(9-17(18)24-2)10-22-23-11-13-14(19)5-4-6-15(13)20/h4-6,8-10,23H,3,7,11H2,1-2H3/b22-10+. The number of hydrogen-bond acceptors (Lipinski definition) is 4. The smallest absolute Gasteiger partial charge is 0.174 e. The van der Waals surface area contributed by atoms with Gasteiger partial charge >= 0.3 is 0 Å². The van der Waals surface area contributed by atoms with Gasteiger partial charge in [0.05, 0.1) is 30.0 Å². The summed E-state index contributed by atoms with van der Waals surface area (Å²) in [7, 11) is 1.63. The molecule has 0 fully saturated rings. The molecular formula is C18H19Cl2IN2O2. The van der Waals surface area contributed by atoms with Gasteiger partial charge in [0.1, 0.15) is 0 Å². The van der Waals surface area contributed by atoms with Gasteiger partial charge < -0.3 is 14.9 Å². The van der Waals surface area contributed by atoms with Gasteiger partial charge in [-0.3, -0.25) is 0 Å². The van der Waals surface area contributed by atoms with E-state index in [4.69, 9.17) is 32.7 Å². The number of halogens is 3. The lowest BCUT2D eigenvalue weighted by Gasteiger charge is -2.12. The second-order valence-corrected chi connectivity index (χ2v) is 7.15. The van der Waals surface area contributed by atoms with Crippen molar-refractivity contribution in [1.29, 1.82) is 0 Å². The number of rotatable bonds is 8. The van der Waals surface area contributed by atoms with Gasteiger partial charge in [0, 0.05) is 15.6 Å². The van der Waals surface area contributed by atoms with Crippen LogP contribution in [0.3, 0.4) is 0 Å². The van der Waals surface area contributed by atoms with Crippen molar-refractivity contribution in [3.8, 4) is 11.5 Å². The zero-order chi connectivity index (χ0) is 18.2. The molecule has 2 aromatic rings. The van der Waals surface area contributed by atoms with Crippen molar-refractivity contribution < 1.29 is 9.47 Å². The quantitative estimate of drug-likeness (QED) is 0.300. The van der Waals surface area contributed by atoms with Crippen LogP contribution in [0.5, 0.6) is 11.5 Å². The summed E-state index contributed by atoms with van der Waals surface area (Å²) in [5.41, 5.74) is 4.69. The van der Waals surface area contributed by atoms with E-state index in [0.29, 0.717) is 28.9 Å². The SMILES string of the molecule is CCCOc1c(I)cc(/C=N/NCc2c(Cl)cccc2Cl)cc1OC. The number of hydrazone groups is 1. The van der Waals surface area contributed by atoms with Crippen molar-refractivity contribution in [3.63, 3.8) is 0 Å². The molecule has 0 atom stereocenters. The first-order chi connectivity index (χ1) is 12.1. The van der Waals surface area contributed by atoms with Crippen LogP contribution in [0.2, 0.25) is 10.0 Å². The van der Waals surface area contributed by atoms with Gasteiger partial charge in [0.2, 0.25) is 0 Å².